The van der Waals surface area contributed by atoms with Gasteiger partial charge in [-0.05, 0) is 50.6 Å². The van der Waals surface area contributed by atoms with Gasteiger partial charge in [-0.25, -0.2) is 4.79 Å². The molecule has 0 radical (unpaired) electrons. The molecular formula is C23H21NO5. The number of aryl methyl sites for hydroxylation is 2. The second-order valence-corrected chi connectivity index (χ2v) is 6.74. The number of carbonyl (C=O) groups is 3. The summed E-state index contributed by atoms with van der Waals surface area (Å²) in [5.41, 5.74) is 2.97. The summed E-state index contributed by atoms with van der Waals surface area (Å²) in [5, 5.41) is 2.71. The quantitative estimate of drug-likeness (QED) is 0.491. The summed E-state index contributed by atoms with van der Waals surface area (Å²) in [5.74, 6) is -1.19. The van der Waals surface area contributed by atoms with Crippen LogP contribution in [0.5, 0.6) is 0 Å². The van der Waals surface area contributed by atoms with Crippen molar-refractivity contribution < 1.29 is 23.5 Å². The van der Waals surface area contributed by atoms with Crippen LogP contribution in [-0.2, 0) is 4.74 Å². The Bertz CT molecular complexity index is 1040. The average molecular weight is 391 g/mol. The molecule has 0 saturated carbocycles. The third-order valence-electron chi connectivity index (χ3n) is 4.46. The zero-order valence-electron chi connectivity index (χ0n) is 16.4. The van der Waals surface area contributed by atoms with Gasteiger partial charge in [-0.1, -0.05) is 35.9 Å². The molecule has 1 amide bonds. The third kappa shape index (κ3) is 4.79. The lowest BCUT2D eigenvalue weighted by Crippen LogP contribution is -2.24. The molecule has 6 heteroatoms. The number of esters is 1. The van der Waals surface area contributed by atoms with Crippen molar-refractivity contribution in [2.24, 2.45) is 0 Å². The van der Waals surface area contributed by atoms with Crippen molar-refractivity contribution in [2.45, 2.75) is 26.9 Å². The van der Waals surface area contributed by atoms with E-state index in [1.807, 2.05) is 19.1 Å². The summed E-state index contributed by atoms with van der Waals surface area (Å²) in [6.07, 6.45) is 0.467. The fourth-order valence-electron chi connectivity index (χ4n) is 2.71. The molecule has 0 unspecified atom stereocenters. The fraction of sp³-hybridized carbons (Fsp3) is 0.174. The fourth-order valence-corrected chi connectivity index (χ4v) is 2.71. The Hall–Kier alpha value is -3.67. The molecule has 0 spiro atoms. The van der Waals surface area contributed by atoms with E-state index in [4.69, 9.17) is 9.15 Å². The zero-order chi connectivity index (χ0) is 21.0. The Balaban J connectivity index is 1.71. The number of nitrogens with one attached hydrogen (secondary N) is 1. The highest BCUT2D eigenvalue weighted by molar-refractivity contribution is 6.04. The Kier molecular flexibility index (Phi) is 5.93. The van der Waals surface area contributed by atoms with E-state index < -0.39 is 18.0 Å². The monoisotopic (exact) mass is 391 g/mol. The van der Waals surface area contributed by atoms with Gasteiger partial charge in [0.1, 0.15) is 0 Å². The first-order chi connectivity index (χ1) is 13.8. The number of amides is 1. The van der Waals surface area contributed by atoms with E-state index in [9.17, 15) is 14.4 Å². The summed E-state index contributed by atoms with van der Waals surface area (Å²) in [4.78, 5) is 37.2. The Morgan fingerprint density at radius 3 is 2.31 bits per heavy atom. The van der Waals surface area contributed by atoms with E-state index >= 15 is 0 Å². The molecule has 2 aromatic carbocycles. The molecule has 0 saturated heterocycles. The van der Waals surface area contributed by atoms with E-state index in [1.165, 1.54) is 19.3 Å². The summed E-state index contributed by atoms with van der Waals surface area (Å²) in [6, 6.07) is 15.0. The number of furan rings is 1. The maximum Gasteiger partial charge on any atom is 0.338 e. The summed E-state index contributed by atoms with van der Waals surface area (Å²) in [7, 11) is 0. The lowest BCUT2D eigenvalue weighted by molar-refractivity contribution is 0.0319. The molecular weight excluding hydrogens is 370 g/mol. The van der Waals surface area contributed by atoms with Gasteiger partial charge in [0.15, 0.2) is 11.9 Å². The number of anilines is 1. The molecule has 0 aliphatic carbocycles. The molecule has 148 valence electrons. The second-order valence-electron chi connectivity index (χ2n) is 6.74. The van der Waals surface area contributed by atoms with Crippen molar-refractivity contribution in [1.82, 2.24) is 0 Å². The van der Waals surface area contributed by atoms with Crippen molar-refractivity contribution >= 4 is 23.3 Å². The Morgan fingerprint density at radius 1 is 0.966 bits per heavy atom. The molecule has 1 N–H and O–H groups in total. The molecule has 0 aliphatic rings. The molecule has 1 heterocycles. The van der Waals surface area contributed by atoms with Crippen LogP contribution in [0.25, 0.3) is 0 Å². The lowest BCUT2D eigenvalue weighted by Gasteiger charge is -2.14. The van der Waals surface area contributed by atoms with E-state index in [0.717, 1.165) is 11.1 Å². The van der Waals surface area contributed by atoms with Gasteiger partial charge in [0.05, 0.1) is 11.8 Å². The van der Waals surface area contributed by atoms with Crippen LogP contribution in [-0.4, -0.2) is 23.8 Å². The summed E-state index contributed by atoms with van der Waals surface area (Å²) < 4.78 is 10.4. The second kappa shape index (κ2) is 8.56. The summed E-state index contributed by atoms with van der Waals surface area (Å²) in [6.45, 7) is 5.27. The molecule has 1 aromatic heterocycles. The topological polar surface area (TPSA) is 85.6 Å². The van der Waals surface area contributed by atoms with Crippen LogP contribution in [0, 0.1) is 13.8 Å². The number of carbonyl (C=O) groups excluding carboxylic acids is 3. The van der Waals surface area contributed by atoms with Gasteiger partial charge in [0.2, 0.25) is 5.78 Å². The van der Waals surface area contributed by atoms with E-state index in [0.29, 0.717) is 11.3 Å². The standard InChI is InChI=1S/C23H21NO5/c1-14-6-9-17(10-7-14)21(25)16(3)29-23(27)18-11-8-15(2)19(13-18)24-22(26)20-5-4-12-28-20/h4-13,16H,1-3H3,(H,24,26)/t16-/m0/s1. The predicted molar refractivity (Wildman–Crippen MR) is 108 cm³/mol. The van der Waals surface area contributed by atoms with E-state index in [2.05, 4.69) is 5.32 Å². The van der Waals surface area contributed by atoms with Crippen LogP contribution < -0.4 is 5.32 Å². The van der Waals surface area contributed by atoms with Crippen LogP contribution in [0.1, 0.15) is 49.3 Å². The van der Waals surface area contributed by atoms with Gasteiger partial charge in [-0.15, -0.1) is 0 Å². The van der Waals surface area contributed by atoms with Gasteiger partial charge < -0.3 is 14.5 Å². The maximum absolute atomic E-state index is 12.5. The van der Waals surface area contributed by atoms with Crippen LogP contribution >= 0.6 is 0 Å². The first-order valence-corrected chi connectivity index (χ1v) is 9.12. The van der Waals surface area contributed by atoms with Crippen LogP contribution in [0.3, 0.4) is 0 Å². The van der Waals surface area contributed by atoms with Gasteiger partial charge in [0.25, 0.3) is 5.91 Å². The van der Waals surface area contributed by atoms with Crippen molar-refractivity contribution in [3.8, 4) is 0 Å². The van der Waals surface area contributed by atoms with Gasteiger partial charge in [0, 0.05) is 11.3 Å². The highest BCUT2D eigenvalue weighted by Gasteiger charge is 2.21. The van der Waals surface area contributed by atoms with E-state index in [1.54, 1.807) is 43.3 Å². The smallest absolute Gasteiger partial charge is 0.338 e. The first kappa shape index (κ1) is 20.1. The molecule has 3 aromatic rings. The summed E-state index contributed by atoms with van der Waals surface area (Å²) >= 11 is 0. The number of benzene rings is 2. The minimum absolute atomic E-state index is 0.162. The molecule has 0 bridgehead atoms. The molecule has 3 rings (SSSR count). The van der Waals surface area contributed by atoms with Gasteiger partial charge in [-0.2, -0.15) is 0 Å². The third-order valence-corrected chi connectivity index (χ3v) is 4.46. The first-order valence-electron chi connectivity index (χ1n) is 9.12. The van der Waals surface area contributed by atoms with Crippen molar-refractivity contribution in [3.05, 3.63) is 88.9 Å². The number of Topliss-reactive ketones (excluding diaryl/α,β-unsaturated/α-hetero) is 1. The molecule has 0 aliphatic heterocycles. The van der Waals surface area contributed by atoms with Crippen LogP contribution in [0.4, 0.5) is 5.69 Å². The largest absolute Gasteiger partial charge is 0.459 e. The number of ketones is 1. The molecule has 29 heavy (non-hydrogen) atoms. The minimum atomic E-state index is -0.937. The molecule has 6 nitrogen and oxygen atoms in total. The number of hydrogen-bond donors (Lipinski definition) is 1. The molecule has 0 fully saturated rings. The maximum atomic E-state index is 12.5. The van der Waals surface area contributed by atoms with Gasteiger partial charge >= 0.3 is 5.97 Å². The number of ether oxygens (including phenoxy) is 1. The SMILES string of the molecule is Cc1ccc(C(=O)[C@H](C)OC(=O)c2ccc(C)c(NC(=O)c3ccco3)c2)cc1. The van der Waals surface area contributed by atoms with Crippen LogP contribution in [0.15, 0.2) is 65.3 Å². The Morgan fingerprint density at radius 2 is 1.66 bits per heavy atom. The highest BCUT2D eigenvalue weighted by Crippen LogP contribution is 2.20. The average Bonchev–Trinajstić information content (AvgIpc) is 3.24. The zero-order valence-corrected chi connectivity index (χ0v) is 16.4. The lowest BCUT2D eigenvalue weighted by atomic mass is 10.1. The molecule has 1 atom stereocenters. The van der Waals surface area contributed by atoms with Crippen LogP contribution in [0.2, 0.25) is 0 Å². The van der Waals surface area contributed by atoms with Crippen molar-refractivity contribution in [3.63, 3.8) is 0 Å². The minimum Gasteiger partial charge on any atom is -0.459 e. The number of hydrogen-bond acceptors (Lipinski definition) is 5. The van der Waals surface area contributed by atoms with Crippen molar-refractivity contribution in [2.75, 3.05) is 5.32 Å². The van der Waals surface area contributed by atoms with E-state index in [-0.39, 0.29) is 17.1 Å². The Labute approximate surface area is 168 Å². The van der Waals surface area contributed by atoms with Crippen molar-refractivity contribution in [1.29, 1.82) is 0 Å². The normalized spacial score (nSPS) is 11.6. The van der Waals surface area contributed by atoms with Gasteiger partial charge in [-0.3, -0.25) is 9.59 Å². The number of rotatable bonds is 6. The predicted octanol–water partition coefficient (Wildman–Crippen LogP) is 4.58. The highest BCUT2D eigenvalue weighted by atomic mass is 16.5.